The fraction of sp³-hybridized carbons (Fsp3) is 0.0909. The summed E-state index contributed by atoms with van der Waals surface area (Å²) in [5, 5.41) is 7.82. The largest absolute Gasteiger partial charge is 0.325 e. The summed E-state index contributed by atoms with van der Waals surface area (Å²) >= 11 is 3.29. The van der Waals surface area contributed by atoms with E-state index in [1.54, 1.807) is 24.3 Å². The van der Waals surface area contributed by atoms with Gasteiger partial charge in [0.05, 0.1) is 11.4 Å². The lowest BCUT2D eigenvalue weighted by Gasteiger charge is -2.03. The molecule has 2 rings (SSSR count). The number of rotatable bonds is 2. The van der Waals surface area contributed by atoms with Gasteiger partial charge in [0.2, 0.25) is 0 Å². The van der Waals surface area contributed by atoms with Crippen molar-refractivity contribution >= 4 is 15.9 Å². The Balaban J connectivity index is 2.45. The number of halogens is 2. The first-order chi connectivity index (χ1) is 7.70. The highest BCUT2D eigenvalue weighted by Gasteiger charge is 2.07. The maximum Gasteiger partial charge on any atom is 0.132 e. The Labute approximate surface area is 101 Å². The molecule has 3 nitrogen and oxygen atoms in total. The van der Waals surface area contributed by atoms with Crippen molar-refractivity contribution in [3.63, 3.8) is 0 Å². The minimum absolute atomic E-state index is 0.321. The number of hydrogen-bond acceptors (Lipinski definition) is 3. The molecule has 0 aliphatic carbocycles. The molecule has 0 radical (unpaired) electrons. The highest BCUT2D eigenvalue weighted by molar-refractivity contribution is 9.10. The molecule has 16 heavy (non-hydrogen) atoms. The van der Waals surface area contributed by atoms with Crippen molar-refractivity contribution in [2.24, 2.45) is 5.73 Å². The molecule has 0 fully saturated rings. The number of nitrogens with two attached hydrogens (primary N) is 1. The van der Waals surface area contributed by atoms with Crippen molar-refractivity contribution in [2.75, 3.05) is 0 Å². The Morgan fingerprint density at radius 3 is 2.62 bits per heavy atom. The summed E-state index contributed by atoms with van der Waals surface area (Å²) in [6.45, 7) is 0.328. The minimum Gasteiger partial charge on any atom is -0.325 e. The van der Waals surface area contributed by atoms with Gasteiger partial charge < -0.3 is 5.73 Å². The number of nitrogens with zero attached hydrogens (tertiary/aromatic N) is 2. The van der Waals surface area contributed by atoms with E-state index in [0.29, 0.717) is 23.5 Å². The molecule has 0 aliphatic rings. The Bertz CT molecular complexity index is 499. The van der Waals surface area contributed by atoms with E-state index in [2.05, 4.69) is 26.1 Å². The van der Waals surface area contributed by atoms with Crippen molar-refractivity contribution in [1.29, 1.82) is 0 Å². The van der Waals surface area contributed by atoms with E-state index in [-0.39, 0.29) is 5.82 Å². The minimum atomic E-state index is -0.321. The molecule has 0 bridgehead atoms. The predicted octanol–water partition coefficient (Wildman–Crippen LogP) is 2.50. The second-order valence-corrected chi connectivity index (χ2v) is 4.15. The Morgan fingerprint density at radius 2 is 2.00 bits per heavy atom. The maximum atomic E-state index is 13.5. The van der Waals surface area contributed by atoms with Gasteiger partial charge in [0.15, 0.2) is 0 Å². The molecule has 82 valence electrons. The molecule has 5 heteroatoms. The van der Waals surface area contributed by atoms with Crippen LogP contribution in [0, 0.1) is 5.82 Å². The second-order valence-electron chi connectivity index (χ2n) is 3.24. The van der Waals surface area contributed by atoms with Crippen LogP contribution < -0.4 is 5.73 Å². The Kier molecular flexibility index (Phi) is 3.26. The molecule has 1 aromatic carbocycles. The lowest BCUT2D eigenvalue weighted by molar-refractivity contribution is 0.630. The number of benzene rings is 1. The van der Waals surface area contributed by atoms with Crippen LogP contribution in [0.4, 0.5) is 4.39 Å². The van der Waals surface area contributed by atoms with Crippen LogP contribution in [0.2, 0.25) is 0 Å². The van der Waals surface area contributed by atoms with Gasteiger partial charge in [-0.15, -0.1) is 0 Å². The standard InChI is InChI=1S/C11H9BrFN3/c12-7-1-3-10(13)9(5-7)11-4-2-8(6-14)15-16-11/h1-5H,6,14H2. The third-order valence-electron chi connectivity index (χ3n) is 2.13. The zero-order chi connectivity index (χ0) is 11.5. The predicted molar refractivity (Wildman–Crippen MR) is 63.0 cm³/mol. The molecular formula is C11H9BrFN3. The van der Waals surface area contributed by atoms with E-state index in [9.17, 15) is 4.39 Å². The van der Waals surface area contributed by atoms with E-state index in [1.807, 2.05) is 0 Å². The van der Waals surface area contributed by atoms with Gasteiger partial charge in [-0.3, -0.25) is 0 Å². The second kappa shape index (κ2) is 4.67. The molecule has 2 aromatic rings. The maximum absolute atomic E-state index is 13.5. The molecule has 0 unspecified atom stereocenters. The van der Waals surface area contributed by atoms with E-state index in [4.69, 9.17) is 5.73 Å². The van der Waals surface area contributed by atoms with Crippen LogP contribution in [0.15, 0.2) is 34.8 Å². The molecule has 0 atom stereocenters. The average Bonchev–Trinajstić information content (AvgIpc) is 2.32. The zero-order valence-corrected chi connectivity index (χ0v) is 9.91. The van der Waals surface area contributed by atoms with Crippen LogP contribution >= 0.6 is 15.9 Å². The topological polar surface area (TPSA) is 51.8 Å². The van der Waals surface area contributed by atoms with E-state index in [0.717, 1.165) is 4.47 Å². The van der Waals surface area contributed by atoms with Gasteiger partial charge in [0.1, 0.15) is 5.82 Å². The number of aromatic nitrogens is 2. The third kappa shape index (κ3) is 2.25. The first kappa shape index (κ1) is 11.2. The normalized spacial score (nSPS) is 10.4. The first-order valence-electron chi connectivity index (χ1n) is 4.69. The smallest absolute Gasteiger partial charge is 0.132 e. The van der Waals surface area contributed by atoms with Crippen LogP contribution in [0.5, 0.6) is 0 Å². The van der Waals surface area contributed by atoms with Gasteiger partial charge in [0, 0.05) is 16.6 Å². The molecular weight excluding hydrogens is 273 g/mol. The highest BCUT2D eigenvalue weighted by Crippen LogP contribution is 2.24. The van der Waals surface area contributed by atoms with Crippen molar-refractivity contribution in [1.82, 2.24) is 10.2 Å². The van der Waals surface area contributed by atoms with Crippen molar-refractivity contribution in [2.45, 2.75) is 6.54 Å². The molecule has 0 aliphatic heterocycles. The van der Waals surface area contributed by atoms with Gasteiger partial charge in [-0.1, -0.05) is 15.9 Å². The Morgan fingerprint density at radius 1 is 1.19 bits per heavy atom. The fourth-order valence-electron chi connectivity index (χ4n) is 1.31. The number of hydrogen-bond donors (Lipinski definition) is 1. The quantitative estimate of drug-likeness (QED) is 0.920. The molecule has 2 N–H and O–H groups in total. The van der Waals surface area contributed by atoms with E-state index in [1.165, 1.54) is 6.07 Å². The van der Waals surface area contributed by atoms with Crippen LogP contribution in [-0.4, -0.2) is 10.2 Å². The monoisotopic (exact) mass is 281 g/mol. The van der Waals surface area contributed by atoms with Crippen LogP contribution in [0.3, 0.4) is 0 Å². The zero-order valence-electron chi connectivity index (χ0n) is 8.32. The van der Waals surface area contributed by atoms with Crippen molar-refractivity contribution in [3.8, 4) is 11.3 Å². The molecule has 0 spiro atoms. The average molecular weight is 282 g/mol. The summed E-state index contributed by atoms with van der Waals surface area (Å²) in [7, 11) is 0. The first-order valence-corrected chi connectivity index (χ1v) is 5.48. The van der Waals surface area contributed by atoms with E-state index >= 15 is 0 Å². The van der Waals surface area contributed by atoms with Gasteiger partial charge in [-0.05, 0) is 30.3 Å². The van der Waals surface area contributed by atoms with Gasteiger partial charge in [-0.25, -0.2) is 4.39 Å². The van der Waals surface area contributed by atoms with Crippen LogP contribution in [0.1, 0.15) is 5.69 Å². The van der Waals surface area contributed by atoms with Gasteiger partial charge in [-0.2, -0.15) is 10.2 Å². The van der Waals surface area contributed by atoms with Crippen molar-refractivity contribution < 1.29 is 4.39 Å². The molecule has 0 saturated heterocycles. The molecule has 0 saturated carbocycles. The van der Waals surface area contributed by atoms with E-state index < -0.39 is 0 Å². The summed E-state index contributed by atoms with van der Waals surface area (Å²) in [4.78, 5) is 0. The molecule has 1 heterocycles. The van der Waals surface area contributed by atoms with Crippen molar-refractivity contribution in [3.05, 3.63) is 46.3 Å². The summed E-state index contributed by atoms with van der Waals surface area (Å²) in [5.74, 6) is -0.321. The van der Waals surface area contributed by atoms with Crippen LogP contribution in [0.25, 0.3) is 11.3 Å². The lowest BCUT2D eigenvalue weighted by Crippen LogP contribution is -2.01. The summed E-state index contributed by atoms with van der Waals surface area (Å²) in [6.07, 6.45) is 0. The third-order valence-corrected chi connectivity index (χ3v) is 2.63. The highest BCUT2D eigenvalue weighted by atomic mass is 79.9. The summed E-state index contributed by atoms with van der Waals surface area (Å²) in [6, 6.07) is 8.14. The SMILES string of the molecule is NCc1ccc(-c2cc(Br)ccc2F)nn1. The summed E-state index contributed by atoms with van der Waals surface area (Å²) < 4.78 is 14.3. The van der Waals surface area contributed by atoms with Gasteiger partial charge in [0.25, 0.3) is 0 Å². The molecule has 1 aromatic heterocycles. The van der Waals surface area contributed by atoms with Crippen LogP contribution in [-0.2, 0) is 6.54 Å². The Hall–Kier alpha value is -1.33. The fourth-order valence-corrected chi connectivity index (χ4v) is 1.67. The molecule has 0 amide bonds. The summed E-state index contributed by atoms with van der Waals surface area (Å²) in [5.41, 5.74) is 7.01. The lowest BCUT2D eigenvalue weighted by atomic mass is 10.1. The van der Waals surface area contributed by atoms with Gasteiger partial charge >= 0.3 is 0 Å².